The molecule has 1 aliphatic heterocycles. The van der Waals surface area contributed by atoms with E-state index >= 15 is 0 Å². The van der Waals surface area contributed by atoms with E-state index in [-0.39, 0.29) is 23.6 Å². The number of phenolic OH excluding ortho intramolecular Hbond substituents is 1. The van der Waals surface area contributed by atoms with Crippen molar-refractivity contribution in [3.63, 3.8) is 0 Å². The maximum Gasteiger partial charge on any atom is 0.223 e. The van der Waals surface area contributed by atoms with Gasteiger partial charge in [-0.05, 0) is 13.0 Å². The predicted octanol–water partition coefficient (Wildman–Crippen LogP) is 1.88. The number of aromatic hydroxyl groups is 1. The third-order valence-corrected chi connectivity index (χ3v) is 5.08. The number of benzene rings is 1. The zero-order chi connectivity index (χ0) is 20.3. The summed E-state index contributed by atoms with van der Waals surface area (Å²) >= 11 is 0. The van der Waals surface area contributed by atoms with Gasteiger partial charge in [-0.25, -0.2) is 0 Å². The number of methoxy groups -OCH3 is 1. The average Bonchev–Trinajstić information content (AvgIpc) is 2.97. The van der Waals surface area contributed by atoms with Crippen LogP contribution in [0.2, 0.25) is 0 Å². The number of hydrogen-bond acceptors (Lipinski definition) is 6. The van der Waals surface area contributed by atoms with Crippen molar-refractivity contribution in [1.82, 2.24) is 25.0 Å². The number of nitrogens with one attached hydrogen (secondary N) is 1. The molecule has 0 saturated heterocycles. The first-order valence-corrected chi connectivity index (χ1v) is 9.69. The molecule has 152 valence electrons. The summed E-state index contributed by atoms with van der Waals surface area (Å²) in [6.45, 7) is 8.89. The van der Waals surface area contributed by atoms with E-state index in [9.17, 15) is 9.90 Å². The van der Waals surface area contributed by atoms with Gasteiger partial charge in [0, 0.05) is 50.1 Å². The third kappa shape index (κ3) is 4.44. The van der Waals surface area contributed by atoms with Crippen LogP contribution in [0.1, 0.15) is 44.0 Å². The Morgan fingerprint density at radius 3 is 2.75 bits per heavy atom. The van der Waals surface area contributed by atoms with Crippen molar-refractivity contribution in [3.8, 4) is 11.5 Å². The fourth-order valence-electron chi connectivity index (χ4n) is 3.42. The molecule has 1 amide bonds. The molecule has 0 radical (unpaired) electrons. The molecule has 8 heteroatoms. The predicted molar refractivity (Wildman–Crippen MR) is 105 cm³/mol. The van der Waals surface area contributed by atoms with E-state index in [1.54, 1.807) is 19.2 Å². The largest absolute Gasteiger partial charge is 0.508 e. The van der Waals surface area contributed by atoms with Gasteiger partial charge in [-0.15, -0.1) is 10.2 Å². The Hall–Kier alpha value is -2.61. The highest BCUT2D eigenvalue weighted by Crippen LogP contribution is 2.26. The van der Waals surface area contributed by atoms with Gasteiger partial charge in [-0.1, -0.05) is 19.9 Å². The van der Waals surface area contributed by atoms with E-state index in [1.807, 2.05) is 26.8 Å². The second-order valence-corrected chi connectivity index (χ2v) is 7.53. The van der Waals surface area contributed by atoms with Gasteiger partial charge in [0.2, 0.25) is 5.91 Å². The van der Waals surface area contributed by atoms with Crippen LogP contribution in [0.4, 0.5) is 0 Å². The second-order valence-electron chi connectivity index (χ2n) is 7.53. The highest BCUT2D eigenvalue weighted by molar-refractivity contribution is 5.78. The molecule has 1 aliphatic rings. The van der Waals surface area contributed by atoms with Gasteiger partial charge < -0.3 is 19.7 Å². The van der Waals surface area contributed by atoms with E-state index in [0.717, 1.165) is 49.8 Å². The van der Waals surface area contributed by atoms with Gasteiger partial charge in [0.25, 0.3) is 0 Å². The summed E-state index contributed by atoms with van der Waals surface area (Å²) in [6, 6.07) is 5.04. The molecule has 28 heavy (non-hydrogen) atoms. The lowest BCUT2D eigenvalue weighted by atomic mass is 10.1. The van der Waals surface area contributed by atoms with Gasteiger partial charge in [-0.3, -0.25) is 9.69 Å². The second kappa shape index (κ2) is 8.60. The van der Waals surface area contributed by atoms with Gasteiger partial charge in [0.1, 0.15) is 17.3 Å². The molecule has 2 heterocycles. The molecule has 1 aromatic heterocycles. The molecule has 0 fully saturated rings. The van der Waals surface area contributed by atoms with Crippen molar-refractivity contribution in [2.75, 3.05) is 20.2 Å². The Kier molecular flexibility index (Phi) is 6.18. The molecule has 2 aromatic rings. The van der Waals surface area contributed by atoms with Crippen molar-refractivity contribution >= 4 is 5.91 Å². The summed E-state index contributed by atoms with van der Waals surface area (Å²) < 4.78 is 7.52. The number of nitrogens with zero attached hydrogens (tertiary/aromatic N) is 4. The number of hydrogen-bond donors (Lipinski definition) is 2. The summed E-state index contributed by atoms with van der Waals surface area (Å²) in [5.74, 6) is 2.58. The van der Waals surface area contributed by atoms with Crippen molar-refractivity contribution in [2.24, 2.45) is 5.92 Å². The minimum Gasteiger partial charge on any atom is -0.508 e. The number of aromatic nitrogens is 3. The van der Waals surface area contributed by atoms with Crippen LogP contribution in [0.15, 0.2) is 18.2 Å². The van der Waals surface area contributed by atoms with Crippen molar-refractivity contribution in [2.45, 2.75) is 46.3 Å². The van der Waals surface area contributed by atoms with Gasteiger partial charge in [0.05, 0.1) is 13.2 Å². The highest BCUT2D eigenvalue weighted by Gasteiger charge is 2.23. The molecular formula is C20H29N5O3. The van der Waals surface area contributed by atoms with E-state index in [0.29, 0.717) is 5.75 Å². The lowest BCUT2D eigenvalue weighted by molar-refractivity contribution is -0.124. The number of carbonyl (C=O) groups is 1. The highest BCUT2D eigenvalue weighted by atomic mass is 16.5. The first-order chi connectivity index (χ1) is 13.4. The fourth-order valence-corrected chi connectivity index (χ4v) is 3.42. The van der Waals surface area contributed by atoms with Crippen molar-refractivity contribution < 1.29 is 14.6 Å². The summed E-state index contributed by atoms with van der Waals surface area (Å²) in [6.07, 6.45) is 0.790. The maximum absolute atomic E-state index is 12.0. The first kappa shape index (κ1) is 20.1. The third-order valence-electron chi connectivity index (χ3n) is 5.08. The number of rotatable bonds is 6. The number of amides is 1. The molecule has 0 spiro atoms. The summed E-state index contributed by atoms with van der Waals surface area (Å²) in [4.78, 5) is 14.4. The molecule has 0 aliphatic carbocycles. The van der Waals surface area contributed by atoms with Crippen molar-refractivity contribution in [1.29, 1.82) is 0 Å². The molecular weight excluding hydrogens is 358 g/mol. The summed E-state index contributed by atoms with van der Waals surface area (Å²) in [5.41, 5.74) is 1.04. The Labute approximate surface area is 165 Å². The Morgan fingerprint density at radius 2 is 2.04 bits per heavy atom. The zero-order valence-electron chi connectivity index (χ0n) is 17.0. The SMILES string of the molecule is COc1cc(O)ccc1CN1CCc2nnc([C@H](C)NC(=O)C(C)C)n2CC1. The van der Waals surface area contributed by atoms with Gasteiger partial charge >= 0.3 is 0 Å². The zero-order valence-corrected chi connectivity index (χ0v) is 17.0. The van der Waals surface area contributed by atoms with Gasteiger partial charge in [0.15, 0.2) is 5.82 Å². The Balaban J connectivity index is 1.69. The standard InChI is InChI=1S/C20H29N5O3/c1-13(2)20(27)21-14(3)19-23-22-18-7-8-24(9-10-25(18)19)12-15-5-6-16(26)11-17(15)28-4/h5-6,11,13-14,26H,7-10,12H2,1-4H3,(H,21,27)/t14-/m0/s1. The fraction of sp³-hybridized carbons (Fsp3) is 0.550. The van der Waals surface area contributed by atoms with Gasteiger partial charge in [-0.2, -0.15) is 0 Å². The van der Waals surface area contributed by atoms with E-state index in [2.05, 4.69) is 25.0 Å². The van der Waals surface area contributed by atoms with E-state index in [1.165, 1.54) is 0 Å². The van der Waals surface area contributed by atoms with Crippen LogP contribution < -0.4 is 10.1 Å². The van der Waals surface area contributed by atoms with Crippen LogP contribution in [0.3, 0.4) is 0 Å². The van der Waals surface area contributed by atoms with Crippen LogP contribution in [0.5, 0.6) is 11.5 Å². The molecule has 3 rings (SSSR count). The number of carbonyl (C=O) groups excluding carboxylic acids is 1. The topological polar surface area (TPSA) is 92.5 Å². The van der Waals surface area contributed by atoms with Crippen LogP contribution in [0, 0.1) is 5.92 Å². The average molecular weight is 387 g/mol. The molecule has 1 atom stereocenters. The smallest absolute Gasteiger partial charge is 0.223 e. The Morgan fingerprint density at radius 1 is 1.25 bits per heavy atom. The lowest BCUT2D eigenvalue weighted by Gasteiger charge is -2.21. The van der Waals surface area contributed by atoms with Crippen LogP contribution in [-0.4, -0.2) is 50.9 Å². The molecule has 0 saturated carbocycles. The molecule has 0 unspecified atom stereocenters. The number of ether oxygens (including phenoxy) is 1. The van der Waals surface area contributed by atoms with Crippen molar-refractivity contribution in [3.05, 3.63) is 35.4 Å². The molecule has 8 nitrogen and oxygen atoms in total. The summed E-state index contributed by atoms with van der Waals surface area (Å²) in [7, 11) is 1.61. The van der Waals surface area contributed by atoms with Crippen LogP contribution >= 0.6 is 0 Å². The summed E-state index contributed by atoms with van der Waals surface area (Å²) in [5, 5.41) is 21.3. The normalized spacial score (nSPS) is 15.8. The number of fused-ring (bicyclic) bond motifs is 1. The minimum atomic E-state index is -0.181. The number of phenols is 1. The minimum absolute atomic E-state index is 0.0134. The lowest BCUT2D eigenvalue weighted by Crippen LogP contribution is -2.32. The monoisotopic (exact) mass is 387 g/mol. The quantitative estimate of drug-likeness (QED) is 0.786. The first-order valence-electron chi connectivity index (χ1n) is 9.69. The molecule has 2 N–H and O–H groups in total. The molecule has 0 bridgehead atoms. The maximum atomic E-state index is 12.0. The van der Waals surface area contributed by atoms with Crippen LogP contribution in [0.25, 0.3) is 0 Å². The molecule has 1 aromatic carbocycles. The Bertz CT molecular complexity index is 833. The van der Waals surface area contributed by atoms with E-state index in [4.69, 9.17) is 4.74 Å². The van der Waals surface area contributed by atoms with E-state index < -0.39 is 0 Å². The van der Waals surface area contributed by atoms with Crippen LogP contribution in [-0.2, 0) is 24.3 Å².